The van der Waals surface area contributed by atoms with Crippen LogP contribution < -0.4 is 4.72 Å². The van der Waals surface area contributed by atoms with E-state index >= 15 is 0 Å². The normalized spacial score (nSPS) is 15.3. The monoisotopic (exact) mass is 275 g/mol. The van der Waals surface area contributed by atoms with Gasteiger partial charge in [-0.3, -0.25) is 4.79 Å². The molecule has 7 nitrogen and oxygen atoms in total. The lowest BCUT2D eigenvalue weighted by atomic mass is 10.0. The zero-order valence-corrected chi connectivity index (χ0v) is 11.3. The molecule has 0 aliphatic heterocycles. The highest BCUT2D eigenvalue weighted by Crippen LogP contribution is 2.12. The van der Waals surface area contributed by atoms with Gasteiger partial charge in [0.25, 0.3) is 10.0 Å². The summed E-state index contributed by atoms with van der Waals surface area (Å²) in [5, 5.41) is 8.91. The first-order valence-corrected chi connectivity index (χ1v) is 7.03. The quantitative estimate of drug-likeness (QED) is 0.699. The second kappa shape index (κ2) is 5.49. The Morgan fingerprint density at radius 3 is 2.61 bits per heavy atom. The molecule has 1 aromatic heterocycles. The summed E-state index contributed by atoms with van der Waals surface area (Å²) >= 11 is 0. The second-order valence-electron chi connectivity index (χ2n) is 4.16. The van der Waals surface area contributed by atoms with Gasteiger partial charge in [0, 0.05) is 0 Å². The minimum absolute atomic E-state index is 0.130. The molecule has 0 amide bonds. The topological polar surface area (TPSA) is 112 Å². The predicted octanol–water partition coefficient (Wildman–Crippen LogP) is 0.496. The van der Waals surface area contributed by atoms with Gasteiger partial charge in [0.2, 0.25) is 0 Å². The molecule has 0 aliphatic carbocycles. The first-order valence-electron chi connectivity index (χ1n) is 5.54. The van der Waals surface area contributed by atoms with Crippen molar-refractivity contribution in [2.24, 2.45) is 5.92 Å². The minimum atomic E-state index is -3.89. The molecule has 102 valence electrons. The Kier molecular flexibility index (Phi) is 4.47. The highest BCUT2D eigenvalue weighted by atomic mass is 32.2. The van der Waals surface area contributed by atoms with Crippen LogP contribution in [0.3, 0.4) is 0 Å². The summed E-state index contributed by atoms with van der Waals surface area (Å²) in [4.78, 5) is 17.4. The smallest absolute Gasteiger partial charge is 0.322 e. The molecule has 1 heterocycles. The number of aromatic amines is 1. The molecular weight excluding hydrogens is 258 g/mol. The summed E-state index contributed by atoms with van der Waals surface area (Å²) in [5.74, 6) is -1.05. The third kappa shape index (κ3) is 3.30. The van der Waals surface area contributed by atoms with Crippen LogP contribution in [0.2, 0.25) is 0 Å². The molecule has 0 saturated carbocycles. The number of rotatable bonds is 6. The predicted molar refractivity (Wildman–Crippen MR) is 64.5 cm³/mol. The van der Waals surface area contributed by atoms with Crippen molar-refractivity contribution in [3.63, 3.8) is 0 Å². The SMILES string of the molecule is CCC(C)C(NS(=O)(=O)c1cnc(C)[nH]1)C(=O)O. The fourth-order valence-electron chi connectivity index (χ4n) is 1.41. The number of hydrogen-bond acceptors (Lipinski definition) is 4. The van der Waals surface area contributed by atoms with Crippen LogP contribution in [-0.2, 0) is 14.8 Å². The van der Waals surface area contributed by atoms with Gasteiger partial charge in [-0.1, -0.05) is 20.3 Å². The molecule has 2 unspecified atom stereocenters. The van der Waals surface area contributed by atoms with Crippen molar-refractivity contribution in [3.05, 3.63) is 12.0 Å². The maximum atomic E-state index is 11.9. The molecule has 0 radical (unpaired) electrons. The number of H-pyrrole nitrogens is 1. The van der Waals surface area contributed by atoms with Gasteiger partial charge in [-0.25, -0.2) is 13.4 Å². The highest BCUT2D eigenvalue weighted by Gasteiger charge is 2.30. The molecule has 0 bridgehead atoms. The summed E-state index contributed by atoms with van der Waals surface area (Å²) in [6.45, 7) is 5.09. The van der Waals surface area contributed by atoms with E-state index in [1.54, 1.807) is 20.8 Å². The Morgan fingerprint density at radius 1 is 1.61 bits per heavy atom. The molecule has 0 aliphatic rings. The summed E-state index contributed by atoms with van der Waals surface area (Å²) in [7, 11) is -3.89. The van der Waals surface area contributed by atoms with Crippen molar-refractivity contribution >= 4 is 16.0 Å². The number of sulfonamides is 1. The average molecular weight is 275 g/mol. The molecule has 0 fully saturated rings. The summed E-state index contributed by atoms with van der Waals surface area (Å²) in [5.41, 5.74) is 0. The van der Waals surface area contributed by atoms with Crippen LogP contribution in [0.4, 0.5) is 0 Å². The van der Waals surface area contributed by atoms with E-state index in [1.807, 2.05) is 0 Å². The fraction of sp³-hybridized carbons (Fsp3) is 0.600. The first-order chi connectivity index (χ1) is 8.27. The number of carboxylic acids is 1. The zero-order valence-electron chi connectivity index (χ0n) is 10.5. The van der Waals surface area contributed by atoms with Gasteiger partial charge in [-0.2, -0.15) is 4.72 Å². The van der Waals surface area contributed by atoms with Gasteiger partial charge in [0.05, 0.1) is 6.20 Å². The molecular formula is C10H17N3O4S. The molecule has 0 saturated heterocycles. The number of imidazole rings is 1. The molecule has 8 heteroatoms. The van der Waals surface area contributed by atoms with Gasteiger partial charge in [0.1, 0.15) is 11.9 Å². The number of aliphatic carboxylic acids is 1. The number of carbonyl (C=O) groups is 1. The van der Waals surface area contributed by atoms with Crippen molar-refractivity contribution in [2.75, 3.05) is 0 Å². The molecule has 3 N–H and O–H groups in total. The van der Waals surface area contributed by atoms with Gasteiger partial charge in [-0.15, -0.1) is 0 Å². The van der Waals surface area contributed by atoms with E-state index in [4.69, 9.17) is 5.11 Å². The minimum Gasteiger partial charge on any atom is -0.480 e. The number of nitrogens with zero attached hydrogens (tertiary/aromatic N) is 1. The first kappa shape index (κ1) is 14.7. The maximum absolute atomic E-state index is 11.9. The van der Waals surface area contributed by atoms with E-state index in [1.165, 1.54) is 0 Å². The third-order valence-electron chi connectivity index (χ3n) is 2.73. The standard InChI is InChI=1S/C10H17N3O4S/c1-4-6(2)9(10(14)15)13-18(16,17)8-5-11-7(3)12-8/h5-6,9,13H,4H2,1-3H3,(H,11,12)(H,14,15). The van der Waals surface area contributed by atoms with Crippen LogP contribution in [-0.4, -0.2) is 35.5 Å². The number of nitrogens with one attached hydrogen (secondary N) is 2. The van der Waals surface area contributed by atoms with Crippen LogP contribution in [0.25, 0.3) is 0 Å². The van der Waals surface area contributed by atoms with E-state index < -0.39 is 22.0 Å². The van der Waals surface area contributed by atoms with Gasteiger partial charge >= 0.3 is 5.97 Å². The lowest BCUT2D eigenvalue weighted by molar-refractivity contribution is -0.140. The molecule has 0 aromatic carbocycles. The van der Waals surface area contributed by atoms with Gasteiger partial charge in [-0.05, 0) is 12.8 Å². The van der Waals surface area contributed by atoms with E-state index in [2.05, 4.69) is 14.7 Å². The zero-order chi connectivity index (χ0) is 13.9. The fourth-order valence-corrected chi connectivity index (χ4v) is 2.68. The molecule has 1 rings (SSSR count). The van der Waals surface area contributed by atoms with E-state index in [0.29, 0.717) is 12.2 Å². The highest BCUT2D eigenvalue weighted by molar-refractivity contribution is 7.89. The lowest BCUT2D eigenvalue weighted by Gasteiger charge is -2.19. The largest absolute Gasteiger partial charge is 0.480 e. The summed E-state index contributed by atoms with van der Waals surface area (Å²) in [6.07, 6.45) is 1.72. The Balaban J connectivity index is 2.96. The third-order valence-corrected chi connectivity index (χ3v) is 4.08. The molecule has 18 heavy (non-hydrogen) atoms. The van der Waals surface area contributed by atoms with Gasteiger partial charge < -0.3 is 10.1 Å². The summed E-state index contributed by atoms with van der Waals surface area (Å²) in [6, 6.07) is -1.15. The Morgan fingerprint density at radius 2 is 2.22 bits per heavy atom. The number of hydrogen-bond donors (Lipinski definition) is 3. The molecule has 2 atom stereocenters. The Hall–Kier alpha value is -1.41. The van der Waals surface area contributed by atoms with Crippen molar-refractivity contribution in [2.45, 2.75) is 38.3 Å². The number of aromatic nitrogens is 2. The lowest BCUT2D eigenvalue weighted by Crippen LogP contribution is -2.45. The number of carboxylic acid groups (broad SMARTS) is 1. The van der Waals surface area contributed by atoms with Crippen LogP contribution in [0, 0.1) is 12.8 Å². The van der Waals surface area contributed by atoms with Crippen LogP contribution in [0.15, 0.2) is 11.2 Å². The maximum Gasteiger partial charge on any atom is 0.322 e. The Labute approximate surface area is 106 Å². The Bertz CT molecular complexity index is 523. The van der Waals surface area contributed by atoms with E-state index in [0.717, 1.165) is 6.20 Å². The van der Waals surface area contributed by atoms with Crippen molar-refractivity contribution < 1.29 is 18.3 Å². The van der Waals surface area contributed by atoms with Crippen LogP contribution in [0.1, 0.15) is 26.1 Å². The molecule has 0 spiro atoms. The van der Waals surface area contributed by atoms with E-state index in [-0.39, 0.29) is 10.9 Å². The van der Waals surface area contributed by atoms with Crippen molar-refractivity contribution in [1.29, 1.82) is 0 Å². The van der Waals surface area contributed by atoms with Crippen molar-refractivity contribution in [1.82, 2.24) is 14.7 Å². The van der Waals surface area contributed by atoms with Crippen LogP contribution in [0.5, 0.6) is 0 Å². The summed E-state index contributed by atoms with van der Waals surface area (Å²) < 4.78 is 26.0. The van der Waals surface area contributed by atoms with Crippen molar-refractivity contribution in [3.8, 4) is 0 Å². The molecule has 1 aromatic rings. The van der Waals surface area contributed by atoms with Crippen LogP contribution >= 0.6 is 0 Å². The average Bonchev–Trinajstić information content (AvgIpc) is 2.72. The van der Waals surface area contributed by atoms with Gasteiger partial charge in [0.15, 0.2) is 5.03 Å². The second-order valence-corrected chi connectivity index (χ2v) is 5.84. The number of aryl methyl sites for hydroxylation is 1. The van der Waals surface area contributed by atoms with E-state index in [9.17, 15) is 13.2 Å².